The van der Waals surface area contributed by atoms with Gasteiger partial charge in [0.1, 0.15) is 0 Å². The smallest absolute Gasteiger partial charge is 0.255 e. The van der Waals surface area contributed by atoms with Crippen molar-refractivity contribution in [3.63, 3.8) is 0 Å². The number of carbonyl (C=O) groups excluding carboxylic acids is 1. The molecule has 1 N–H and O–H groups in total. The molecule has 0 bridgehead atoms. The van der Waals surface area contributed by atoms with Gasteiger partial charge in [0.2, 0.25) is 0 Å². The van der Waals surface area contributed by atoms with Gasteiger partial charge in [-0.25, -0.2) is 0 Å². The van der Waals surface area contributed by atoms with Crippen molar-refractivity contribution in [3.8, 4) is 0 Å². The van der Waals surface area contributed by atoms with Crippen LogP contribution in [0.25, 0.3) is 0 Å². The van der Waals surface area contributed by atoms with Crippen LogP contribution in [-0.2, 0) is 0 Å². The lowest BCUT2D eigenvalue weighted by Crippen LogP contribution is -2.43. The second-order valence-electron chi connectivity index (χ2n) is 6.27. The van der Waals surface area contributed by atoms with Crippen molar-refractivity contribution in [3.05, 3.63) is 34.3 Å². The standard InChI is InChI=1S/C17H23ClN2O/c1-12-4-2-5-14(16(12)18)17(21)20-10-7-13(8-11-20)15-6-3-9-19-15/h2,4-5,13,15,19H,3,6-11H2,1H3. The lowest BCUT2D eigenvalue weighted by atomic mass is 9.88. The maximum absolute atomic E-state index is 12.6. The van der Waals surface area contributed by atoms with E-state index < -0.39 is 0 Å². The lowest BCUT2D eigenvalue weighted by Gasteiger charge is -2.35. The molecule has 1 unspecified atom stereocenters. The first kappa shape index (κ1) is 14.9. The molecular weight excluding hydrogens is 284 g/mol. The van der Waals surface area contributed by atoms with Crippen molar-refractivity contribution in [1.82, 2.24) is 10.2 Å². The Labute approximate surface area is 131 Å². The number of hydrogen-bond acceptors (Lipinski definition) is 2. The summed E-state index contributed by atoms with van der Waals surface area (Å²) in [5.41, 5.74) is 1.61. The van der Waals surface area contributed by atoms with Gasteiger partial charge in [-0.3, -0.25) is 4.79 Å². The van der Waals surface area contributed by atoms with E-state index >= 15 is 0 Å². The first-order chi connectivity index (χ1) is 10.2. The Morgan fingerprint density at radius 1 is 1.29 bits per heavy atom. The molecule has 1 atom stereocenters. The molecule has 0 spiro atoms. The number of nitrogens with zero attached hydrogens (tertiary/aromatic N) is 1. The minimum absolute atomic E-state index is 0.0848. The predicted octanol–water partition coefficient (Wildman–Crippen LogP) is 3.25. The zero-order valence-electron chi connectivity index (χ0n) is 12.6. The maximum atomic E-state index is 12.6. The number of hydrogen-bond donors (Lipinski definition) is 1. The Kier molecular flexibility index (Phi) is 4.51. The number of benzene rings is 1. The molecule has 2 saturated heterocycles. The fraction of sp³-hybridized carbons (Fsp3) is 0.588. The number of carbonyl (C=O) groups is 1. The number of nitrogens with one attached hydrogen (secondary N) is 1. The second kappa shape index (κ2) is 6.37. The fourth-order valence-electron chi connectivity index (χ4n) is 3.60. The van der Waals surface area contributed by atoms with E-state index in [-0.39, 0.29) is 5.91 Å². The van der Waals surface area contributed by atoms with Crippen LogP contribution in [0.4, 0.5) is 0 Å². The Morgan fingerprint density at radius 2 is 2.05 bits per heavy atom. The number of rotatable bonds is 2. The van der Waals surface area contributed by atoms with Crippen molar-refractivity contribution in [2.75, 3.05) is 19.6 Å². The van der Waals surface area contributed by atoms with Crippen LogP contribution in [0.15, 0.2) is 18.2 Å². The summed E-state index contributed by atoms with van der Waals surface area (Å²) >= 11 is 6.28. The molecule has 0 radical (unpaired) electrons. The summed E-state index contributed by atoms with van der Waals surface area (Å²) in [5, 5.41) is 4.19. The zero-order chi connectivity index (χ0) is 14.8. The summed E-state index contributed by atoms with van der Waals surface area (Å²) in [7, 11) is 0. The first-order valence-corrected chi connectivity index (χ1v) is 8.32. The van der Waals surface area contributed by atoms with Crippen LogP contribution in [0.5, 0.6) is 0 Å². The summed E-state index contributed by atoms with van der Waals surface area (Å²) in [6.07, 6.45) is 4.80. The molecule has 0 aliphatic carbocycles. The van der Waals surface area contributed by atoms with Crippen molar-refractivity contribution < 1.29 is 4.79 Å². The van der Waals surface area contributed by atoms with Crippen molar-refractivity contribution in [2.24, 2.45) is 5.92 Å². The van der Waals surface area contributed by atoms with Gasteiger partial charge < -0.3 is 10.2 Å². The van der Waals surface area contributed by atoms with Crippen LogP contribution in [0.1, 0.15) is 41.6 Å². The van der Waals surface area contributed by atoms with E-state index in [2.05, 4.69) is 5.32 Å². The van der Waals surface area contributed by atoms with Gasteiger partial charge in [-0.1, -0.05) is 23.7 Å². The van der Waals surface area contributed by atoms with Crippen molar-refractivity contribution in [2.45, 2.75) is 38.6 Å². The summed E-state index contributed by atoms with van der Waals surface area (Å²) in [6.45, 7) is 4.80. The topological polar surface area (TPSA) is 32.3 Å². The molecule has 3 rings (SSSR count). The fourth-order valence-corrected chi connectivity index (χ4v) is 3.81. The maximum Gasteiger partial charge on any atom is 0.255 e. The van der Waals surface area contributed by atoms with Gasteiger partial charge in [0.15, 0.2) is 0 Å². The molecule has 1 aromatic rings. The van der Waals surface area contributed by atoms with E-state index in [0.717, 1.165) is 44.0 Å². The minimum atomic E-state index is 0.0848. The molecule has 0 aromatic heterocycles. The third kappa shape index (κ3) is 3.09. The molecule has 1 amide bonds. The quantitative estimate of drug-likeness (QED) is 0.909. The average molecular weight is 307 g/mol. The molecule has 21 heavy (non-hydrogen) atoms. The molecule has 3 nitrogen and oxygen atoms in total. The largest absolute Gasteiger partial charge is 0.339 e. The first-order valence-electron chi connectivity index (χ1n) is 7.94. The van der Waals surface area contributed by atoms with Gasteiger partial charge in [0.25, 0.3) is 5.91 Å². The lowest BCUT2D eigenvalue weighted by molar-refractivity contribution is 0.0674. The Bertz CT molecular complexity index is 518. The van der Waals surface area contributed by atoms with Crippen LogP contribution in [0.2, 0.25) is 5.02 Å². The highest BCUT2D eigenvalue weighted by Gasteiger charge is 2.30. The number of halogens is 1. The summed E-state index contributed by atoms with van der Waals surface area (Å²) in [5.74, 6) is 0.811. The molecule has 2 heterocycles. The van der Waals surface area contributed by atoms with Crippen molar-refractivity contribution in [1.29, 1.82) is 0 Å². The Balaban J connectivity index is 1.63. The Morgan fingerprint density at radius 3 is 2.71 bits per heavy atom. The van der Waals surface area contributed by atoms with Gasteiger partial charge in [0, 0.05) is 19.1 Å². The number of piperidine rings is 1. The Hall–Kier alpha value is -1.06. The zero-order valence-corrected chi connectivity index (χ0v) is 13.3. The monoisotopic (exact) mass is 306 g/mol. The van der Waals surface area contributed by atoms with Crippen LogP contribution in [0, 0.1) is 12.8 Å². The van der Waals surface area contributed by atoms with Crippen LogP contribution < -0.4 is 5.32 Å². The molecule has 2 fully saturated rings. The van der Waals surface area contributed by atoms with Gasteiger partial charge in [-0.15, -0.1) is 0 Å². The van der Waals surface area contributed by atoms with Gasteiger partial charge >= 0.3 is 0 Å². The van der Waals surface area contributed by atoms with Crippen molar-refractivity contribution >= 4 is 17.5 Å². The molecule has 2 aliphatic rings. The molecule has 2 aliphatic heterocycles. The average Bonchev–Trinajstić information content (AvgIpc) is 3.04. The van der Waals surface area contributed by atoms with Crippen LogP contribution in [0.3, 0.4) is 0 Å². The van der Waals surface area contributed by atoms with Gasteiger partial charge in [-0.2, -0.15) is 0 Å². The third-order valence-corrected chi connectivity index (χ3v) is 5.42. The van der Waals surface area contributed by atoms with E-state index in [1.54, 1.807) is 0 Å². The van der Waals surface area contributed by atoms with Crippen LogP contribution in [-0.4, -0.2) is 36.5 Å². The van der Waals surface area contributed by atoms with Gasteiger partial charge in [0.05, 0.1) is 10.6 Å². The third-order valence-electron chi connectivity index (χ3n) is 4.92. The predicted molar refractivity (Wildman–Crippen MR) is 85.8 cm³/mol. The SMILES string of the molecule is Cc1cccc(C(=O)N2CCC(C3CCCN3)CC2)c1Cl. The second-order valence-corrected chi connectivity index (χ2v) is 6.65. The van der Waals surface area contributed by atoms with Crippen LogP contribution >= 0.6 is 11.6 Å². The molecule has 4 heteroatoms. The minimum Gasteiger partial charge on any atom is -0.339 e. The summed E-state index contributed by atoms with van der Waals surface area (Å²) in [6, 6.07) is 6.35. The summed E-state index contributed by atoms with van der Waals surface area (Å²) in [4.78, 5) is 14.6. The normalized spacial score (nSPS) is 23.5. The molecule has 0 saturated carbocycles. The highest BCUT2D eigenvalue weighted by atomic mass is 35.5. The van der Waals surface area contributed by atoms with E-state index in [1.807, 2.05) is 30.0 Å². The molecule has 1 aromatic carbocycles. The number of amides is 1. The number of aryl methyl sites for hydroxylation is 1. The summed E-state index contributed by atoms with van der Waals surface area (Å²) < 4.78 is 0. The molecule has 114 valence electrons. The van der Waals surface area contributed by atoms with E-state index in [9.17, 15) is 4.79 Å². The van der Waals surface area contributed by atoms with E-state index in [1.165, 1.54) is 12.8 Å². The van der Waals surface area contributed by atoms with Gasteiger partial charge in [-0.05, 0) is 56.7 Å². The molecular formula is C17H23ClN2O. The van der Waals surface area contributed by atoms with E-state index in [0.29, 0.717) is 16.6 Å². The highest BCUT2D eigenvalue weighted by molar-refractivity contribution is 6.34. The highest BCUT2D eigenvalue weighted by Crippen LogP contribution is 2.28. The number of likely N-dealkylation sites (tertiary alicyclic amines) is 1. The van der Waals surface area contributed by atoms with E-state index in [4.69, 9.17) is 11.6 Å².